The van der Waals surface area contributed by atoms with Gasteiger partial charge in [0.15, 0.2) is 0 Å². The fraction of sp³-hybridized carbons (Fsp3) is 0.0909. The van der Waals surface area contributed by atoms with Crippen LogP contribution in [0.1, 0.15) is 10.6 Å². The Labute approximate surface area is 181 Å². The van der Waals surface area contributed by atoms with E-state index in [1.165, 1.54) is 12.1 Å². The molecule has 1 N–H and O–H groups in total. The number of aromatic nitrogens is 2. The summed E-state index contributed by atoms with van der Waals surface area (Å²) in [7, 11) is 1.63. The first kappa shape index (κ1) is 20.3. The first-order chi connectivity index (χ1) is 14.9. The number of aryl methyl sites for hydroxylation is 1. The predicted molar refractivity (Wildman–Crippen MR) is 121 cm³/mol. The van der Waals surface area contributed by atoms with E-state index in [4.69, 9.17) is 9.72 Å². The Bertz CT molecular complexity index is 1310. The van der Waals surface area contributed by atoms with Gasteiger partial charge in [0.25, 0.3) is 0 Å². The van der Waals surface area contributed by atoms with Gasteiger partial charge in [0.2, 0.25) is 5.91 Å². The van der Waals surface area contributed by atoms with Crippen molar-refractivity contribution in [3.8, 4) is 17.0 Å². The van der Waals surface area contributed by atoms with Crippen LogP contribution >= 0.6 is 11.3 Å². The number of nitrogens with one attached hydrogen (secondary N) is 1. The Kier molecular flexibility index (Phi) is 5.50. The van der Waals surface area contributed by atoms with Crippen LogP contribution in [0.25, 0.3) is 23.0 Å². The first-order valence-electron chi connectivity index (χ1n) is 9.31. The minimum Gasteiger partial charge on any atom is -0.497 e. The van der Waals surface area contributed by atoms with Crippen LogP contribution in [0, 0.1) is 17.0 Å². The van der Waals surface area contributed by atoms with Gasteiger partial charge in [-0.25, -0.2) is 4.98 Å². The summed E-state index contributed by atoms with van der Waals surface area (Å²) < 4.78 is 7.12. The van der Waals surface area contributed by atoms with Gasteiger partial charge >= 0.3 is 5.00 Å². The number of fused-ring (bicyclic) bond motifs is 1. The van der Waals surface area contributed by atoms with Crippen molar-refractivity contribution >= 4 is 39.7 Å². The minimum absolute atomic E-state index is 0.0359. The standard InChI is InChI=1S/C22H18N4O4S/c1-14-22(15-3-6-17(30-2)7-4-15)24-19-10-5-16(13-25(14)19)23-20(27)11-8-18-9-12-21(31-18)26(28)29/h3-13H,1-2H3,(H,23,27)/b11-8+. The van der Waals surface area contributed by atoms with Crippen molar-refractivity contribution in [1.82, 2.24) is 9.38 Å². The van der Waals surface area contributed by atoms with Gasteiger partial charge in [-0.05, 0) is 55.5 Å². The number of thiophene rings is 1. The molecule has 0 aliphatic carbocycles. The second-order valence-electron chi connectivity index (χ2n) is 6.68. The van der Waals surface area contributed by atoms with E-state index in [9.17, 15) is 14.9 Å². The molecule has 0 bridgehead atoms. The number of methoxy groups -OCH3 is 1. The van der Waals surface area contributed by atoms with E-state index >= 15 is 0 Å². The quantitative estimate of drug-likeness (QED) is 0.263. The maximum absolute atomic E-state index is 12.3. The SMILES string of the molecule is COc1ccc(-c2nc3ccc(NC(=O)/C=C/c4ccc([N+](=O)[O-])s4)cn3c2C)cc1. The maximum atomic E-state index is 12.3. The van der Waals surface area contributed by atoms with E-state index in [2.05, 4.69) is 5.32 Å². The molecule has 8 nitrogen and oxygen atoms in total. The average molecular weight is 434 g/mol. The molecular formula is C22H18N4O4S. The molecule has 31 heavy (non-hydrogen) atoms. The second-order valence-corrected chi connectivity index (χ2v) is 7.77. The van der Waals surface area contributed by atoms with Crippen LogP contribution in [0.5, 0.6) is 5.75 Å². The molecule has 3 heterocycles. The number of imidazole rings is 1. The van der Waals surface area contributed by atoms with E-state index < -0.39 is 4.92 Å². The summed E-state index contributed by atoms with van der Waals surface area (Å²) in [5, 5.41) is 13.6. The van der Waals surface area contributed by atoms with E-state index in [0.29, 0.717) is 10.6 Å². The summed E-state index contributed by atoms with van der Waals surface area (Å²) in [6.45, 7) is 1.97. The average Bonchev–Trinajstić information content (AvgIpc) is 3.38. The highest BCUT2D eigenvalue weighted by Gasteiger charge is 2.12. The lowest BCUT2D eigenvalue weighted by Crippen LogP contribution is -2.08. The largest absolute Gasteiger partial charge is 0.497 e. The van der Waals surface area contributed by atoms with Crippen LogP contribution in [0.15, 0.2) is 60.8 Å². The highest BCUT2D eigenvalue weighted by Crippen LogP contribution is 2.27. The number of nitrogens with zero attached hydrogens (tertiary/aromatic N) is 3. The molecule has 4 aromatic rings. The fourth-order valence-corrected chi connectivity index (χ4v) is 3.85. The zero-order valence-electron chi connectivity index (χ0n) is 16.7. The number of hydrogen-bond acceptors (Lipinski definition) is 6. The van der Waals surface area contributed by atoms with Gasteiger partial charge in [-0.15, -0.1) is 0 Å². The molecule has 0 unspecified atom stereocenters. The zero-order valence-corrected chi connectivity index (χ0v) is 17.6. The number of benzene rings is 1. The third-order valence-corrected chi connectivity index (χ3v) is 5.68. The highest BCUT2D eigenvalue weighted by atomic mass is 32.1. The number of carbonyl (C=O) groups excluding carboxylic acids is 1. The zero-order chi connectivity index (χ0) is 22.0. The van der Waals surface area contributed by atoms with Crippen molar-refractivity contribution in [1.29, 1.82) is 0 Å². The van der Waals surface area contributed by atoms with Gasteiger partial charge in [-0.1, -0.05) is 11.3 Å². The molecule has 0 saturated heterocycles. The van der Waals surface area contributed by atoms with E-state index in [0.717, 1.165) is 39.7 Å². The van der Waals surface area contributed by atoms with Crippen LogP contribution in [0.2, 0.25) is 0 Å². The summed E-state index contributed by atoms with van der Waals surface area (Å²) >= 11 is 1.01. The van der Waals surface area contributed by atoms with Crippen LogP contribution in [-0.2, 0) is 4.79 Å². The van der Waals surface area contributed by atoms with Crippen molar-refractivity contribution in [2.24, 2.45) is 0 Å². The van der Waals surface area contributed by atoms with Crippen molar-refractivity contribution in [3.05, 3.63) is 81.5 Å². The number of anilines is 1. The molecule has 0 aliphatic heterocycles. The molecule has 0 radical (unpaired) electrons. The Morgan fingerprint density at radius 2 is 1.97 bits per heavy atom. The van der Waals surface area contributed by atoms with Crippen LogP contribution in [-0.4, -0.2) is 27.3 Å². The predicted octanol–water partition coefficient (Wildman–Crippen LogP) is 4.94. The van der Waals surface area contributed by atoms with Gasteiger partial charge < -0.3 is 14.5 Å². The number of hydrogen-bond donors (Lipinski definition) is 1. The van der Waals surface area contributed by atoms with Crippen LogP contribution in [0.4, 0.5) is 10.7 Å². The van der Waals surface area contributed by atoms with Gasteiger partial charge in [-0.3, -0.25) is 14.9 Å². The summed E-state index contributed by atoms with van der Waals surface area (Å²) in [6.07, 6.45) is 4.71. The summed E-state index contributed by atoms with van der Waals surface area (Å²) in [6, 6.07) is 14.3. The van der Waals surface area contributed by atoms with E-state index in [1.54, 1.807) is 25.3 Å². The summed E-state index contributed by atoms with van der Waals surface area (Å²) in [4.78, 5) is 27.9. The maximum Gasteiger partial charge on any atom is 0.324 e. The van der Waals surface area contributed by atoms with Crippen molar-refractivity contribution in [2.45, 2.75) is 6.92 Å². The number of ether oxygens (including phenoxy) is 1. The van der Waals surface area contributed by atoms with E-state index in [-0.39, 0.29) is 10.9 Å². The third-order valence-electron chi connectivity index (χ3n) is 4.68. The lowest BCUT2D eigenvalue weighted by atomic mass is 10.1. The molecule has 9 heteroatoms. The summed E-state index contributed by atoms with van der Waals surface area (Å²) in [5.74, 6) is 0.448. The van der Waals surface area contributed by atoms with Crippen LogP contribution < -0.4 is 10.1 Å². The Morgan fingerprint density at radius 1 is 1.19 bits per heavy atom. The Morgan fingerprint density at radius 3 is 2.65 bits per heavy atom. The molecule has 1 aromatic carbocycles. The van der Waals surface area contributed by atoms with Crippen molar-refractivity contribution in [3.63, 3.8) is 0 Å². The normalized spacial score (nSPS) is 11.2. The Balaban J connectivity index is 1.53. The van der Waals surface area contributed by atoms with Gasteiger partial charge in [0.05, 0.1) is 23.4 Å². The van der Waals surface area contributed by atoms with Crippen molar-refractivity contribution < 1.29 is 14.5 Å². The van der Waals surface area contributed by atoms with Crippen molar-refractivity contribution in [2.75, 3.05) is 12.4 Å². The number of carbonyl (C=O) groups is 1. The molecule has 4 rings (SSSR count). The molecule has 0 aliphatic rings. The van der Waals surface area contributed by atoms with E-state index in [1.807, 2.05) is 47.9 Å². The summed E-state index contributed by atoms with van der Waals surface area (Å²) in [5.41, 5.74) is 4.15. The molecule has 1 amide bonds. The number of rotatable bonds is 6. The number of amides is 1. The topological polar surface area (TPSA) is 98.8 Å². The molecular weight excluding hydrogens is 416 g/mol. The molecule has 0 fully saturated rings. The van der Waals surface area contributed by atoms with Gasteiger partial charge in [0, 0.05) is 34.5 Å². The van der Waals surface area contributed by atoms with Crippen LogP contribution in [0.3, 0.4) is 0 Å². The molecule has 0 saturated carbocycles. The highest BCUT2D eigenvalue weighted by molar-refractivity contribution is 7.16. The molecule has 3 aromatic heterocycles. The smallest absolute Gasteiger partial charge is 0.324 e. The van der Waals surface area contributed by atoms with Gasteiger partial charge in [0.1, 0.15) is 11.4 Å². The number of pyridine rings is 1. The lowest BCUT2D eigenvalue weighted by molar-refractivity contribution is -0.380. The first-order valence-corrected chi connectivity index (χ1v) is 10.1. The molecule has 0 spiro atoms. The molecule has 0 atom stereocenters. The second kappa shape index (κ2) is 8.41. The number of nitro groups is 1. The third kappa shape index (κ3) is 4.31. The fourth-order valence-electron chi connectivity index (χ4n) is 3.13. The lowest BCUT2D eigenvalue weighted by Gasteiger charge is -2.04. The minimum atomic E-state index is -0.453. The monoisotopic (exact) mass is 434 g/mol. The Hall–Kier alpha value is -3.98. The molecule has 156 valence electrons. The van der Waals surface area contributed by atoms with Gasteiger partial charge in [-0.2, -0.15) is 0 Å².